The number of hydrogen-bond acceptors (Lipinski definition) is 1. The highest BCUT2D eigenvalue weighted by molar-refractivity contribution is 7.26. The first kappa shape index (κ1) is 22.0. The lowest BCUT2D eigenvalue weighted by Crippen LogP contribution is -1.95. The minimum atomic E-state index is 1.20. The van der Waals surface area contributed by atoms with E-state index >= 15 is 0 Å². The quantitative estimate of drug-likeness (QED) is 0.211. The summed E-state index contributed by atoms with van der Waals surface area (Å²) >= 11 is 1.89. The van der Waals surface area contributed by atoms with Gasteiger partial charge in [0, 0.05) is 42.7 Å². The van der Waals surface area contributed by atoms with Gasteiger partial charge in [0.05, 0.1) is 32.5 Å². The largest absolute Gasteiger partial charge is 0.309 e. The van der Waals surface area contributed by atoms with Gasteiger partial charge >= 0.3 is 0 Å². The van der Waals surface area contributed by atoms with Gasteiger partial charge in [-0.3, -0.25) is 0 Å². The lowest BCUT2D eigenvalue weighted by molar-refractivity contribution is 1.17. The van der Waals surface area contributed by atoms with E-state index in [0.717, 1.165) is 0 Å². The minimum absolute atomic E-state index is 1.20. The third-order valence-corrected chi connectivity index (χ3v) is 9.57. The Morgan fingerprint density at radius 1 is 0.475 bits per heavy atom. The molecule has 3 aromatic heterocycles. The fourth-order valence-corrected chi connectivity index (χ4v) is 7.94. The van der Waals surface area contributed by atoms with Crippen molar-refractivity contribution in [2.24, 2.45) is 0 Å². The predicted molar refractivity (Wildman–Crippen MR) is 173 cm³/mol. The van der Waals surface area contributed by atoms with E-state index in [4.69, 9.17) is 0 Å². The fourth-order valence-electron chi connectivity index (χ4n) is 6.73. The zero-order chi connectivity index (χ0) is 26.4. The van der Waals surface area contributed by atoms with E-state index in [1.807, 2.05) is 11.3 Å². The molecule has 0 bridgehead atoms. The van der Waals surface area contributed by atoms with Crippen molar-refractivity contribution in [2.75, 3.05) is 0 Å². The van der Waals surface area contributed by atoms with Crippen molar-refractivity contribution in [3.05, 3.63) is 133 Å². The maximum Gasteiger partial charge on any atom is 0.0640 e. The minimum Gasteiger partial charge on any atom is -0.309 e. The number of fused-ring (bicyclic) bond motifs is 10. The number of benzene rings is 6. The molecule has 0 N–H and O–H groups in total. The summed E-state index contributed by atoms with van der Waals surface area (Å²) in [5, 5.41) is 7.85. The van der Waals surface area contributed by atoms with Crippen LogP contribution in [-0.4, -0.2) is 9.13 Å². The van der Waals surface area contributed by atoms with Gasteiger partial charge in [0.1, 0.15) is 0 Å². The van der Waals surface area contributed by atoms with Crippen LogP contribution < -0.4 is 0 Å². The molecule has 0 amide bonds. The lowest BCUT2D eigenvalue weighted by atomic mass is 10.1. The van der Waals surface area contributed by atoms with Gasteiger partial charge in [0.25, 0.3) is 0 Å². The van der Waals surface area contributed by atoms with Crippen LogP contribution in [0.5, 0.6) is 0 Å². The summed E-state index contributed by atoms with van der Waals surface area (Å²) in [6, 6.07) is 46.7. The first-order chi connectivity index (χ1) is 19.8. The van der Waals surface area contributed by atoms with E-state index in [0.29, 0.717) is 0 Å². The van der Waals surface area contributed by atoms with Gasteiger partial charge in [-0.25, -0.2) is 0 Å². The molecule has 0 fully saturated rings. The zero-order valence-electron chi connectivity index (χ0n) is 21.9. The molecule has 9 rings (SSSR count). The highest BCUT2D eigenvalue weighted by Gasteiger charge is 2.21. The van der Waals surface area contributed by atoms with Gasteiger partial charge in [-0.15, -0.1) is 11.3 Å². The summed E-state index contributed by atoms with van der Waals surface area (Å²) in [5.74, 6) is 0. The molecule has 0 aliphatic heterocycles. The summed E-state index contributed by atoms with van der Waals surface area (Å²) in [7, 11) is 0. The zero-order valence-corrected chi connectivity index (χ0v) is 22.7. The van der Waals surface area contributed by atoms with Gasteiger partial charge in [-0.2, -0.15) is 0 Å². The molecular formula is C37H24N2S. The number of hydrogen-bond donors (Lipinski definition) is 0. The van der Waals surface area contributed by atoms with Gasteiger partial charge < -0.3 is 9.13 Å². The lowest BCUT2D eigenvalue weighted by Gasteiger charge is -2.10. The molecule has 188 valence electrons. The number of para-hydroxylation sites is 2. The predicted octanol–water partition coefficient (Wildman–Crippen LogP) is 10.6. The van der Waals surface area contributed by atoms with E-state index in [-0.39, 0.29) is 0 Å². The van der Waals surface area contributed by atoms with Gasteiger partial charge in [-0.1, -0.05) is 78.9 Å². The Labute approximate surface area is 234 Å². The Balaban J connectivity index is 1.48. The van der Waals surface area contributed by atoms with Crippen molar-refractivity contribution in [2.45, 2.75) is 6.92 Å². The Kier molecular flexibility index (Phi) is 4.44. The van der Waals surface area contributed by atoms with Crippen LogP contribution in [0.4, 0.5) is 0 Å². The second-order valence-electron chi connectivity index (χ2n) is 10.6. The number of aryl methyl sites for hydroxylation is 1. The van der Waals surface area contributed by atoms with Crippen molar-refractivity contribution >= 4 is 75.1 Å². The second kappa shape index (κ2) is 8.08. The number of rotatable bonds is 2. The summed E-state index contributed by atoms with van der Waals surface area (Å²) in [4.78, 5) is 0. The molecule has 3 heterocycles. The van der Waals surface area contributed by atoms with Crippen molar-refractivity contribution < 1.29 is 0 Å². The molecule has 0 saturated carbocycles. The summed E-state index contributed by atoms with van der Waals surface area (Å²) in [6.45, 7) is 2.16. The highest BCUT2D eigenvalue weighted by atomic mass is 32.1. The van der Waals surface area contributed by atoms with Crippen LogP contribution in [0, 0.1) is 6.92 Å². The number of nitrogens with zero attached hydrogens (tertiary/aromatic N) is 2. The maximum absolute atomic E-state index is 2.49. The van der Waals surface area contributed by atoms with Crippen molar-refractivity contribution in [3.63, 3.8) is 0 Å². The maximum atomic E-state index is 2.49. The molecule has 0 spiro atoms. The van der Waals surface area contributed by atoms with Crippen LogP contribution in [0.3, 0.4) is 0 Å². The SMILES string of the molecule is Cc1cccc(-n2c3ccccc3c3c4c5ccccc5n(-c5cccc6c5sc5ccccc56)c4ccc32)c1. The Morgan fingerprint density at radius 3 is 1.82 bits per heavy atom. The average Bonchev–Trinajstić information content (AvgIpc) is 3.65. The van der Waals surface area contributed by atoms with E-state index in [2.05, 4.69) is 143 Å². The standard InChI is InChI=1S/C37H24N2S/c1-23-10-8-11-24(22-23)38-29-16-5-2-13-27(29)35-31(38)20-21-32-36(35)28-14-3-6-17-30(28)39(32)33-18-9-15-26-25-12-4-7-19-34(25)40-37(26)33/h2-22H,1H3. The van der Waals surface area contributed by atoms with Crippen molar-refractivity contribution in [3.8, 4) is 11.4 Å². The summed E-state index contributed by atoms with van der Waals surface area (Å²) in [5.41, 5.74) is 8.66. The molecule has 0 atom stereocenters. The summed E-state index contributed by atoms with van der Waals surface area (Å²) in [6.07, 6.45) is 0. The third-order valence-electron chi connectivity index (χ3n) is 8.36. The average molecular weight is 529 g/mol. The van der Waals surface area contributed by atoms with Crippen LogP contribution in [0.2, 0.25) is 0 Å². The molecule has 0 aliphatic carbocycles. The molecule has 9 aromatic rings. The van der Waals surface area contributed by atoms with Crippen LogP contribution in [0.1, 0.15) is 5.56 Å². The molecule has 6 aromatic carbocycles. The monoisotopic (exact) mass is 528 g/mol. The number of thiophene rings is 1. The summed E-state index contributed by atoms with van der Waals surface area (Å²) < 4.78 is 7.57. The molecule has 0 aliphatic rings. The normalized spacial score (nSPS) is 12.1. The van der Waals surface area contributed by atoms with Crippen LogP contribution >= 0.6 is 11.3 Å². The molecule has 0 radical (unpaired) electrons. The first-order valence-electron chi connectivity index (χ1n) is 13.7. The molecule has 0 saturated heterocycles. The molecule has 40 heavy (non-hydrogen) atoms. The third kappa shape index (κ3) is 2.87. The Hall–Kier alpha value is -4.86. The van der Waals surface area contributed by atoms with Gasteiger partial charge in [0.15, 0.2) is 0 Å². The van der Waals surface area contributed by atoms with E-state index < -0.39 is 0 Å². The Morgan fingerprint density at radius 2 is 1.07 bits per heavy atom. The first-order valence-corrected chi connectivity index (χ1v) is 14.5. The number of aromatic nitrogens is 2. The van der Waals surface area contributed by atoms with E-state index in [9.17, 15) is 0 Å². The molecule has 2 nitrogen and oxygen atoms in total. The van der Waals surface area contributed by atoms with E-state index in [1.54, 1.807) is 0 Å². The highest BCUT2D eigenvalue weighted by Crippen LogP contribution is 2.44. The van der Waals surface area contributed by atoms with Crippen molar-refractivity contribution in [1.82, 2.24) is 9.13 Å². The molecular weight excluding hydrogens is 504 g/mol. The second-order valence-corrected chi connectivity index (χ2v) is 11.7. The molecule has 0 unspecified atom stereocenters. The van der Waals surface area contributed by atoms with Crippen LogP contribution in [0.25, 0.3) is 75.2 Å². The Bertz CT molecular complexity index is 2450. The topological polar surface area (TPSA) is 9.86 Å². The fraction of sp³-hybridized carbons (Fsp3) is 0.0270. The van der Waals surface area contributed by atoms with Crippen LogP contribution in [0.15, 0.2) is 127 Å². The van der Waals surface area contributed by atoms with Gasteiger partial charge in [0.2, 0.25) is 0 Å². The smallest absolute Gasteiger partial charge is 0.0640 e. The molecule has 3 heteroatoms. The van der Waals surface area contributed by atoms with E-state index in [1.165, 1.54) is 80.7 Å². The van der Waals surface area contributed by atoms with Crippen molar-refractivity contribution in [1.29, 1.82) is 0 Å². The van der Waals surface area contributed by atoms with Crippen LogP contribution in [-0.2, 0) is 0 Å². The van der Waals surface area contributed by atoms with Gasteiger partial charge in [-0.05, 0) is 61.0 Å².